The maximum atomic E-state index is 13.3. The van der Waals surface area contributed by atoms with Gasteiger partial charge in [0.25, 0.3) is 0 Å². The number of nitrogens with one attached hydrogen (secondary N) is 1. The molecule has 37 heavy (non-hydrogen) atoms. The molecule has 0 bridgehead atoms. The van der Waals surface area contributed by atoms with Gasteiger partial charge in [-0.1, -0.05) is 32.0 Å². The van der Waals surface area contributed by atoms with Gasteiger partial charge in [0.1, 0.15) is 23.8 Å². The summed E-state index contributed by atoms with van der Waals surface area (Å²) >= 11 is 0. The molecule has 0 saturated carbocycles. The molecule has 1 aromatic rings. The number of alkyl carbamates (subject to hydrolysis) is 1. The molecule has 0 radical (unpaired) electrons. The summed E-state index contributed by atoms with van der Waals surface area (Å²) in [5.74, 6) is -2.07. The summed E-state index contributed by atoms with van der Waals surface area (Å²) in [6.07, 6.45) is -2.07. The summed E-state index contributed by atoms with van der Waals surface area (Å²) < 4.78 is 10.9. The number of hydrogen-bond acceptors (Lipinski definition) is 7. The van der Waals surface area contributed by atoms with E-state index < -0.39 is 47.9 Å². The Morgan fingerprint density at radius 3 is 2.19 bits per heavy atom. The van der Waals surface area contributed by atoms with Gasteiger partial charge in [0.05, 0.1) is 6.54 Å². The first-order chi connectivity index (χ1) is 17.4. The van der Waals surface area contributed by atoms with Gasteiger partial charge in [0.2, 0.25) is 5.91 Å². The fraction of sp³-hybridized carbons (Fsp3) is 0.615. The van der Waals surface area contributed by atoms with Crippen molar-refractivity contribution in [3.8, 4) is 0 Å². The van der Waals surface area contributed by atoms with Crippen molar-refractivity contribution in [2.75, 3.05) is 37.6 Å². The van der Waals surface area contributed by atoms with Crippen molar-refractivity contribution < 1.29 is 33.8 Å². The predicted molar refractivity (Wildman–Crippen MR) is 136 cm³/mol. The maximum Gasteiger partial charge on any atom is 0.410 e. The summed E-state index contributed by atoms with van der Waals surface area (Å²) in [6.45, 7) is 10.8. The van der Waals surface area contributed by atoms with Crippen LogP contribution in [0.15, 0.2) is 30.3 Å². The number of aliphatic carboxylic acids is 1. The number of carboxylic acid groups (broad SMARTS) is 1. The molecule has 2 saturated heterocycles. The van der Waals surface area contributed by atoms with Crippen LogP contribution in [0.2, 0.25) is 0 Å². The van der Waals surface area contributed by atoms with E-state index in [1.165, 1.54) is 4.90 Å². The third-order valence-electron chi connectivity index (χ3n) is 6.36. The van der Waals surface area contributed by atoms with Crippen LogP contribution in [0.1, 0.15) is 41.0 Å². The second kappa shape index (κ2) is 11.7. The van der Waals surface area contributed by atoms with Crippen LogP contribution in [0.4, 0.5) is 15.3 Å². The molecule has 3 rings (SSSR count). The van der Waals surface area contributed by atoms with Crippen molar-refractivity contribution in [3.63, 3.8) is 0 Å². The Balaban J connectivity index is 1.60. The number of amides is 3. The SMILES string of the molecule is CC(C)[C@H](NC(=O)OC(C)(C)C)C(=O)N1C[C@H](OC(=O)N2CCN(c3ccccc3)CC2)C[C@H]1C(=O)O. The van der Waals surface area contributed by atoms with Crippen molar-refractivity contribution in [1.82, 2.24) is 15.1 Å². The Hall–Kier alpha value is -3.50. The number of likely N-dealkylation sites (tertiary alicyclic amines) is 1. The second-order valence-electron chi connectivity index (χ2n) is 10.8. The fourth-order valence-corrected chi connectivity index (χ4v) is 4.49. The molecule has 0 unspecified atom stereocenters. The molecular weight excluding hydrogens is 480 g/mol. The topological polar surface area (TPSA) is 129 Å². The molecule has 0 aromatic heterocycles. The zero-order valence-corrected chi connectivity index (χ0v) is 22.2. The van der Waals surface area contributed by atoms with Crippen LogP contribution in [-0.2, 0) is 19.1 Å². The number of nitrogens with zero attached hydrogens (tertiary/aromatic N) is 3. The van der Waals surface area contributed by atoms with E-state index in [1.807, 2.05) is 30.3 Å². The Kier molecular flexibility index (Phi) is 8.88. The largest absolute Gasteiger partial charge is 0.480 e. The zero-order valence-electron chi connectivity index (χ0n) is 22.2. The number of rotatable bonds is 6. The normalized spacial score (nSPS) is 21.0. The molecule has 2 heterocycles. The van der Waals surface area contributed by atoms with Gasteiger partial charge in [0.15, 0.2) is 0 Å². The molecule has 2 aliphatic rings. The van der Waals surface area contributed by atoms with Gasteiger partial charge >= 0.3 is 18.2 Å². The first-order valence-electron chi connectivity index (χ1n) is 12.6. The molecular formula is C26H38N4O7. The lowest BCUT2D eigenvalue weighted by molar-refractivity contribution is -0.149. The second-order valence-corrected chi connectivity index (χ2v) is 10.8. The Labute approximate surface area is 217 Å². The standard InChI is InChI=1S/C26H38N4O7/c1-17(2)21(27-24(34)37-26(3,4)5)22(31)30-16-19(15-20(30)23(32)33)36-25(35)29-13-11-28(12-14-29)18-9-7-6-8-10-18/h6-10,17,19-21H,11-16H2,1-5H3,(H,27,34)(H,32,33)/t19-,20+,21+/m1/s1. The van der Waals surface area contributed by atoms with Crippen LogP contribution in [0.3, 0.4) is 0 Å². The van der Waals surface area contributed by atoms with E-state index in [1.54, 1.807) is 39.5 Å². The number of anilines is 1. The quantitative estimate of drug-likeness (QED) is 0.588. The molecule has 3 atom stereocenters. The van der Waals surface area contributed by atoms with Gasteiger partial charge in [-0.3, -0.25) is 4.79 Å². The van der Waals surface area contributed by atoms with Crippen molar-refractivity contribution >= 4 is 29.8 Å². The first-order valence-corrected chi connectivity index (χ1v) is 12.6. The fourth-order valence-electron chi connectivity index (χ4n) is 4.49. The highest BCUT2D eigenvalue weighted by Gasteiger charge is 2.45. The number of carboxylic acids is 1. The van der Waals surface area contributed by atoms with Crippen LogP contribution < -0.4 is 10.2 Å². The van der Waals surface area contributed by atoms with Crippen molar-refractivity contribution in [2.24, 2.45) is 5.92 Å². The summed E-state index contributed by atoms with van der Waals surface area (Å²) in [5.41, 5.74) is 0.335. The van der Waals surface area contributed by atoms with Gasteiger partial charge in [-0.2, -0.15) is 0 Å². The van der Waals surface area contributed by atoms with Crippen molar-refractivity contribution in [1.29, 1.82) is 0 Å². The lowest BCUT2D eigenvalue weighted by atomic mass is 10.0. The van der Waals surface area contributed by atoms with E-state index in [0.717, 1.165) is 5.69 Å². The molecule has 11 heteroatoms. The van der Waals surface area contributed by atoms with Gasteiger partial charge in [-0.15, -0.1) is 0 Å². The van der Waals surface area contributed by atoms with Crippen LogP contribution in [0.25, 0.3) is 0 Å². The van der Waals surface area contributed by atoms with E-state index in [-0.39, 0.29) is 18.9 Å². The molecule has 3 amide bonds. The lowest BCUT2D eigenvalue weighted by Crippen LogP contribution is -2.54. The Bertz CT molecular complexity index is 971. The smallest absolute Gasteiger partial charge is 0.410 e. The van der Waals surface area contributed by atoms with E-state index in [9.17, 15) is 24.3 Å². The highest BCUT2D eigenvalue weighted by molar-refractivity contribution is 5.90. The molecule has 0 spiro atoms. The van der Waals surface area contributed by atoms with Crippen LogP contribution in [-0.4, -0.2) is 95.5 Å². The van der Waals surface area contributed by atoms with Crippen LogP contribution in [0.5, 0.6) is 0 Å². The number of carbonyl (C=O) groups is 4. The van der Waals surface area contributed by atoms with Gasteiger partial charge < -0.3 is 34.6 Å². The number of benzene rings is 1. The summed E-state index contributed by atoms with van der Waals surface area (Å²) in [4.78, 5) is 55.4. The Morgan fingerprint density at radius 1 is 1.03 bits per heavy atom. The molecule has 2 aliphatic heterocycles. The lowest BCUT2D eigenvalue weighted by Gasteiger charge is -2.36. The third kappa shape index (κ3) is 7.50. The summed E-state index contributed by atoms with van der Waals surface area (Å²) in [5, 5.41) is 12.3. The summed E-state index contributed by atoms with van der Waals surface area (Å²) in [6, 6.07) is 7.77. The first kappa shape index (κ1) is 28.1. The van der Waals surface area contributed by atoms with Crippen molar-refractivity contribution in [3.05, 3.63) is 30.3 Å². The minimum Gasteiger partial charge on any atom is -0.480 e. The Morgan fingerprint density at radius 2 is 1.65 bits per heavy atom. The summed E-state index contributed by atoms with van der Waals surface area (Å²) in [7, 11) is 0. The van der Waals surface area contributed by atoms with E-state index in [0.29, 0.717) is 26.2 Å². The zero-order chi connectivity index (χ0) is 27.3. The van der Waals surface area contributed by atoms with Gasteiger partial charge in [-0.25, -0.2) is 14.4 Å². The van der Waals surface area contributed by atoms with Gasteiger partial charge in [0, 0.05) is 38.3 Å². The number of hydrogen-bond donors (Lipinski definition) is 2. The monoisotopic (exact) mass is 518 g/mol. The van der Waals surface area contributed by atoms with Gasteiger partial charge in [-0.05, 0) is 38.8 Å². The highest BCUT2D eigenvalue weighted by atomic mass is 16.6. The van der Waals surface area contributed by atoms with E-state index in [2.05, 4.69) is 10.2 Å². The average molecular weight is 519 g/mol. The van der Waals surface area contributed by atoms with E-state index in [4.69, 9.17) is 9.47 Å². The van der Waals surface area contributed by atoms with Crippen molar-refractivity contribution in [2.45, 2.75) is 64.8 Å². The molecule has 204 valence electrons. The minimum atomic E-state index is -1.19. The van der Waals surface area contributed by atoms with E-state index >= 15 is 0 Å². The molecule has 0 aliphatic carbocycles. The minimum absolute atomic E-state index is 0.0198. The number of ether oxygens (including phenoxy) is 2. The van der Waals surface area contributed by atoms with Crippen LogP contribution >= 0.6 is 0 Å². The molecule has 2 N–H and O–H groups in total. The third-order valence-corrected chi connectivity index (χ3v) is 6.36. The highest BCUT2D eigenvalue weighted by Crippen LogP contribution is 2.25. The number of piperazine rings is 1. The molecule has 1 aromatic carbocycles. The number of para-hydroxylation sites is 1. The number of carbonyl (C=O) groups excluding carboxylic acids is 3. The maximum absolute atomic E-state index is 13.3. The van der Waals surface area contributed by atoms with Crippen LogP contribution in [0, 0.1) is 5.92 Å². The molecule has 2 fully saturated rings. The molecule has 11 nitrogen and oxygen atoms in total. The average Bonchev–Trinajstić information content (AvgIpc) is 3.25. The predicted octanol–water partition coefficient (Wildman–Crippen LogP) is 2.55.